The molecule has 2 rings (SSSR count). The van der Waals surface area contributed by atoms with Gasteiger partial charge in [0.05, 0.1) is 6.54 Å². The van der Waals surface area contributed by atoms with Crippen molar-refractivity contribution in [1.29, 1.82) is 0 Å². The first-order valence-electron chi connectivity index (χ1n) is 6.14. The van der Waals surface area contributed by atoms with Crippen LogP contribution in [-0.4, -0.2) is 36.7 Å². The molecular formula is C15H15NO4. The zero-order valence-electron chi connectivity index (χ0n) is 11.0. The first-order valence-corrected chi connectivity index (χ1v) is 6.14. The van der Waals surface area contributed by atoms with Crippen molar-refractivity contribution in [3.05, 3.63) is 48.0 Å². The van der Waals surface area contributed by atoms with Gasteiger partial charge in [0, 0.05) is 12.7 Å². The third kappa shape index (κ3) is 3.13. The van der Waals surface area contributed by atoms with E-state index in [1.165, 1.54) is 7.11 Å². The van der Waals surface area contributed by atoms with Crippen molar-refractivity contribution in [2.24, 2.45) is 0 Å². The molecule has 5 heteroatoms. The molecule has 0 aliphatic carbocycles. The topological polar surface area (TPSA) is 75.6 Å². The summed E-state index contributed by atoms with van der Waals surface area (Å²) in [6.45, 7) is -0.0719. The Morgan fingerprint density at radius 2 is 1.90 bits per heavy atom. The van der Waals surface area contributed by atoms with E-state index in [0.717, 1.165) is 10.8 Å². The fourth-order valence-corrected chi connectivity index (χ4v) is 1.89. The van der Waals surface area contributed by atoms with Gasteiger partial charge in [0.1, 0.15) is 0 Å². The first-order chi connectivity index (χ1) is 9.61. The Morgan fingerprint density at radius 1 is 1.20 bits per heavy atom. The molecule has 0 aromatic heterocycles. The van der Waals surface area contributed by atoms with E-state index in [9.17, 15) is 9.59 Å². The molecule has 1 unspecified atom stereocenters. The predicted octanol–water partition coefficient (Wildman–Crippen LogP) is 1.67. The number of benzene rings is 2. The standard InChI is InChI=1S/C15H15NO4/c1-20-13(15(18)19)9-16-14(17)12-7-6-10-4-2-3-5-11(10)8-12/h2-8,13H,9H2,1H3,(H,16,17)(H,18,19). The van der Waals surface area contributed by atoms with Gasteiger partial charge in [-0.25, -0.2) is 4.79 Å². The maximum absolute atomic E-state index is 12.0. The second kappa shape index (κ2) is 6.16. The highest BCUT2D eigenvalue weighted by Crippen LogP contribution is 2.15. The zero-order chi connectivity index (χ0) is 14.5. The van der Waals surface area contributed by atoms with Crippen LogP contribution in [0.15, 0.2) is 42.5 Å². The second-order valence-electron chi connectivity index (χ2n) is 4.33. The molecular weight excluding hydrogens is 258 g/mol. The van der Waals surface area contributed by atoms with Crippen LogP contribution in [0.4, 0.5) is 0 Å². The summed E-state index contributed by atoms with van der Waals surface area (Å²) in [4.78, 5) is 22.7. The summed E-state index contributed by atoms with van der Waals surface area (Å²) in [6, 6.07) is 13.0. The largest absolute Gasteiger partial charge is 0.479 e. The van der Waals surface area contributed by atoms with E-state index in [0.29, 0.717) is 5.56 Å². The highest BCUT2D eigenvalue weighted by molar-refractivity contribution is 5.98. The number of hydrogen-bond acceptors (Lipinski definition) is 3. The monoisotopic (exact) mass is 273 g/mol. The molecule has 0 radical (unpaired) electrons. The number of carbonyl (C=O) groups is 2. The highest BCUT2D eigenvalue weighted by atomic mass is 16.5. The molecule has 2 N–H and O–H groups in total. The lowest BCUT2D eigenvalue weighted by Crippen LogP contribution is -2.37. The molecule has 104 valence electrons. The van der Waals surface area contributed by atoms with Gasteiger partial charge in [-0.05, 0) is 22.9 Å². The van der Waals surface area contributed by atoms with Gasteiger partial charge in [-0.1, -0.05) is 30.3 Å². The maximum Gasteiger partial charge on any atom is 0.334 e. The lowest BCUT2D eigenvalue weighted by Gasteiger charge is -2.11. The third-order valence-corrected chi connectivity index (χ3v) is 3.02. The number of nitrogens with one attached hydrogen (secondary N) is 1. The van der Waals surface area contributed by atoms with Crippen molar-refractivity contribution in [2.45, 2.75) is 6.10 Å². The molecule has 0 spiro atoms. The van der Waals surface area contributed by atoms with Crippen LogP contribution in [0.1, 0.15) is 10.4 Å². The highest BCUT2D eigenvalue weighted by Gasteiger charge is 2.17. The summed E-state index contributed by atoms with van der Waals surface area (Å²) in [7, 11) is 1.29. The Labute approximate surface area is 116 Å². The summed E-state index contributed by atoms with van der Waals surface area (Å²) in [5, 5.41) is 13.4. The Balaban J connectivity index is 2.09. The van der Waals surface area contributed by atoms with Crippen molar-refractivity contribution in [1.82, 2.24) is 5.32 Å². The molecule has 0 fully saturated rings. The van der Waals surface area contributed by atoms with E-state index in [1.807, 2.05) is 30.3 Å². The number of carboxylic acids is 1. The van der Waals surface area contributed by atoms with E-state index >= 15 is 0 Å². The zero-order valence-corrected chi connectivity index (χ0v) is 11.0. The fourth-order valence-electron chi connectivity index (χ4n) is 1.89. The molecule has 2 aromatic rings. The van der Waals surface area contributed by atoms with E-state index < -0.39 is 12.1 Å². The molecule has 0 aliphatic rings. The Kier molecular flexibility index (Phi) is 4.32. The van der Waals surface area contributed by atoms with Crippen LogP contribution in [0, 0.1) is 0 Å². The predicted molar refractivity (Wildman–Crippen MR) is 74.7 cm³/mol. The summed E-state index contributed by atoms with van der Waals surface area (Å²) in [6.07, 6.45) is -1.04. The van der Waals surface area contributed by atoms with Crippen molar-refractivity contribution in [2.75, 3.05) is 13.7 Å². The van der Waals surface area contributed by atoms with E-state index in [1.54, 1.807) is 12.1 Å². The van der Waals surface area contributed by atoms with Crippen LogP contribution in [0.25, 0.3) is 10.8 Å². The number of hydrogen-bond donors (Lipinski definition) is 2. The summed E-state index contributed by atoms with van der Waals surface area (Å²) >= 11 is 0. The molecule has 0 aliphatic heterocycles. The lowest BCUT2D eigenvalue weighted by atomic mass is 10.1. The quantitative estimate of drug-likeness (QED) is 0.869. The first kappa shape index (κ1) is 14.0. The minimum atomic E-state index is -1.11. The van der Waals surface area contributed by atoms with E-state index in [-0.39, 0.29) is 12.5 Å². The van der Waals surface area contributed by atoms with Gasteiger partial charge in [-0.2, -0.15) is 0 Å². The minimum Gasteiger partial charge on any atom is -0.479 e. The number of methoxy groups -OCH3 is 1. The smallest absolute Gasteiger partial charge is 0.334 e. The van der Waals surface area contributed by atoms with Crippen molar-refractivity contribution < 1.29 is 19.4 Å². The molecule has 1 atom stereocenters. The molecule has 20 heavy (non-hydrogen) atoms. The Bertz CT molecular complexity index is 639. The number of amides is 1. The molecule has 2 aromatic carbocycles. The maximum atomic E-state index is 12.0. The SMILES string of the molecule is COC(CNC(=O)c1ccc2ccccc2c1)C(=O)O. The second-order valence-corrected chi connectivity index (χ2v) is 4.33. The van der Waals surface area contributed by atoms with Crippen LogP contribution in [-0.2, 0) is 9.53 Å². The average molecular weight is 273 g/mol. The Morgan fingerprint density at radius 3 is 2.55 bits per heavy atom. The molecule has 5 nitrogen and oxygen atoms in total. The van der Waals surface area contributed by atoms with Gasteiger partial charge >= 0.3 is 5.97 Å². The van der Waals surface area contributed by atoms with Gasteiger partial charge in [-0.15, -0.1) is 0 Å². The number of rotatable bonds is 5. The average Bonchev–Trinajstić information content (AvgIpc) is 2.46. The van der Waals surface area contributed by atoms with Crippen molar-refractivity contribution in [3.63, 3.8) is 0 Å². The molecule has 0 saturated carbocycles. The normalized spacial score (nSPS) is 12.1. The number of fused-ring (bicyclic) bond motifs is 1. The van der Waals surface area contributed by atoms with Gasteiger partial charge < -0.3 is 15.2 Å². The summed E-state index contributed by atoms with van der Waals surface area (Å²) in [5.41, 5.74) is 0.490. The van der Waals surface area contributed by atoms with Gasteiger partial charge in [0.25, 0.3) is 5.91 Å². The third-order valence-electron chi connectivity index (χ3n) is 3.02. The van der Waals surface area contributed by atoms with E-state index in [4.69, 9.17) is 9.84 Å². The van der Waals surface area contributed by atoms with Crippen LogP contribution < -0.4 is 5.32 Å². The van der Waals surface area contributed by atoms with Crippen molar-refractivity contribution in [3.8, 4) is 0 Å². The number of ether oxygens (including phenoxy) is 1. The summed E-state index contributed by atoms with van der Waals surface area (Å²) in [5.74, 6) is -1.43. The van der Waals surface area contributed by atoms with Crippen LogP contribution in [0.5, 0.6) is 0 Å². The molecule has 1 amide bonds. The molecule has 0 bridgehead atoms. The van der Waals surface area contributed by atoms with Gasteiger partial charge in [0.2, 0.25) is 0 Å². The van der Waals surface area contributed by atoms with E-state index in [2.05, 4.69) is 5.32 Å². The summed E-state index contributed by atoms with van der Waals surface area (Å²) < 4.78 is 4.75. The van der Waals surface area contributed by atoms with Crippen molar-refractivity contribution >= 4 is 22.6 Å². The fraction of sp³-hybridized carbons (Fsp3) is 0.200. The number of aliphatic carboxylic acids is 1. The minimum absolute atomic E-state index is 0.0719. The lowest BCUT2D eigenvalue weighted by molar-refractivity contribution is -0.148. The molecule has 0 heterocycles. The number of carboxylic acid groups (broad SMARTS) is 1. The van der Waals surface area contributed by atoms with Gasteiger partial charge in [-0.3, -0.25) is 4.79 Å². The van der Waals surface area contributed by atoms with Crippen LogP contribution >= 0.6 is 0 Å². The Hall–Kier alpha value is -2.40. The van der Waals surface area contributed by atoms with Crippen LogP contribution in [0.2, 0.25) is 0 Å². The molecule has 0 saturated heterocycles. The van der Waals surface area contributed by atoms with Gasteiger partial charge in [0.15, 0.2) is 6.10 Å². The van der Waals surface area contributed by atoms with Crippen LogP contribution in [0.3, 0.4) is 0 Å². The number of carbonyl (C=O) groups excluding carboxylic acids is 1.